The Balaban J connectivity index is 2.00. The number of hydrogen-bond donors (Lipinski definition) is 2. The van der Waals surface area contributed by atoms with Gasteiger partial charge < -0.3 is 15.6 Å². The van der Waals surface area contributed by atoms with E-state index >= 15 is 0 Å². The minimum Gasteiger partial charge on any atom is -0.369 e. The molecule has 1 aromatic carbocycles. The molecular weight excluding hydrogens is 242 g/mol. The van der Waals surface area contributed by atoms with Gasteiger partial charge in [-0.25, -0.2) is 4.98 Å². The molecule has 0 radical (unpaired) electrons. The molecule has 3 N–H and O–H groups in total. The number of nitrogen functional groups attached to an aromatic ring is 1. The topological polar surface area (TPSA) is 96.7 Å². The van der Waals surface area contributed by atoms with Crippen LogP contribution in [0.3, 0.4) is 0 Å². The number of nitriles is 1. The van der Waals surface area contributed by atoms with Crippen molar-refractivity contribution in [1.29, 1.82) is 5.26 Å². The molecule has 6 heteroatoms. The first-order valence-electron chi connectivity index (χ1n) is 6.12. The third-order valence-electron chi connectivity index (χ3n) is 3.39. The summed E-state index contributed by atoms with van der Waals surface area (Å²) in [4.78, 5) is 15.5. The first kappa shape index (κ1) is 11.5. The molecule has 1 atom stereocenters. The Bertz CT molecular complexity index is 697. The van der Waals surface area contributed by atoms with E-state index in [4.69, 9.17) is 11.0 Å². The Morgan fingerprint density at radius 1 is 1.58 bits per heavy atom. The summed E-state index contributed by atoms with van der Waals surface area (Å²) in [7, 11) is 0. The van der Waals surface area contributed by atoms with E-state index in [0.29, 0.717) is 24.5 Å². The molecule has 1 unspecified atom stereocenters. The summed E-state index contributed by atoms with van der Waals surface area (Å²) < 4.78 is 1.85. The number of rotatable bonds is 2. The minimum atomic E-state index is 0.0747. The number of benzene rings is 1. The van der Waals surface area contributed by atoms with Crippen LogP contribution in [-0.4, -0.2) is 21.5 Å². The highest BCUT2D eigenvalue weighted by Gasteiger charge is 2.22. The van der Waals surface area contributed by atoms with E-state index in [1.54, 1.807) is 18.2 Å². The van der Waals surface area contributed by atoms with Crippen molar-refractivity contribution in [3.8, 4) is 6.07 Å². The fraction of sp³-hybridized carbons (Fsp3) is 0.308. The fourth-order valence-corrected chi connectivity index (χ4v) is 2.44. The highest BCUT2D eigenvalue weighted by atomic mass is 16.1. The van der Waals surface area contributed by atoms with Crippen LogP contribution in [0.5, 0.6) is 0 Å². The normalized spacial score (nSPS) is 18.5. The van der Waals surface area contributed by atoms with Gasteiger partial charge in [0, 0.05) is 19.0 Å². The molecule has 2 heterocycles. The number of nitrogens with two attached hydrogens (primary N) is 1. The number of amides is 1. The molecule has 1 aliphatic heterocycles. The van der Waals surface area contributed by atoms with Gasteiger partial charge in [0.15, 0.2) is 0 Å². The van der Waals surface area contributed by atoms with Gasteiger partial charge in [0.05, 0.1) is 22.7 Å². The highest BCUT2D eigenvalue weighted by molar-refractivity contribution is 5.80. The molecular formula is C13H13N5O. The Kier molecular flexibility index (Phi) is 2.60. The quantitative estimate of drug-likeness (QED) is 0.828. The Labute approximate surface area is 109 Å². The third-order valence-corrected chi connectivity index (χ3v) is 3.39. The second kappa shape index (κ2) is 4.28. The lowest BCUT2D eigenvalue weighted by Gasteiger charge is -2.12. The standard InChI is InChI=1S/C13H13N5O/c14-6-8-1-3-10-11(5-8)18(13(15)17-10)7-9-2-4-12(19)16-9/h1,3,5,9H,2,4,7H2,(H2,15,17)(H,16,19). The van der Waals surface area contributed by atoms with Gasteiger partial charge in [-0.1, -0.05) is 0 Å². The van der Waals surface area contributed by atoms with E-state index in [1.165, 1.54) is 0 Å². The van der Waals surface area contributed by atoms with Gasteiger partial charge in [-0.2, -0.15) is 5.26 Å². The van der Waals surface area contributed by atoms with E-state index in [0.717, 1.165) is 17.5 Å². The molecule has 1 saturated heterocycles. The maximum absolute atomic E-state index is 11.2. The van der Waals surface area contributed by atoms with E-state index < -0.39 is 0 Å². The van der Waals surface area contributed by atoms with Crippen molar-refractivity contribution in [3.63, 3.8) is 0 Å². The van der Waals surface area contributed by atoms with Crippen molar-refractivity contribution in [3.05, 3.63) is 23.8 Å². The molecule has 1 amide bonds. The van der Waals surface area contributed by atoms with E-state index in [1.807, 2.05) is 4.57 Å². The largest absolute Gasteiger partial charge is 0.369 e. The Morgan fingerprint density at radius 3 is 3.11 bits per heavy atom. The van der Waals surface area contributed by atoms with Crippen molar-refractivity contribution in [2.45, 2.75) is 25.4 Å². The summed E-state index contributed by atoms with van der Waals surface area (Å²) in [5.41, 5.74) is 8.08. The number of carbonyl (C=O) groups is 1. The van der Waals surface area contributed by atoms with Crippen LogP contribution in [0.2, 0.25) is 0 Å². The van der Waals surface area contributed by atoms with Crippen LogP contribution in [-0.2, 0) is 11.3 Å². The van der Waals surface area contributed by atoms with Crippen LogP contribution in [0.25, 0.3) is 11.0 Å². The first-order valence-corrected chi connectivity index (χ1v) is 6.12. The number of imidazole rings is 1. The molecule has 0 saturated carbocycles. The van der Waals surface area contributed by atoms with Crippen molar-refractivity contribution >= 4 is 22.9 Å². The molecule has 0 spiro atoms. The van der Waals surface area contributed by atoms with Crippen LogP contribution >= 0.6 is 0 Å². The number of anilines is 1. The molecule has 3 rings (SSSR count). The zero-order valence-electron chi connectivity index (χ0n) is 10.3. The van der Waals surface area contributed by atoms with Crippen LogP contribution < -0.4 is 11.1 Å². The molecule has 6 nitrogen and oxygen atoms in total. The van der Waals surface area contributed by atoms with Gasteiger partial charge in [0.25, 0.3) is 0 Å². The lowest BCUT2D eigenvalue weighted by molar-refractivity contribution is -0.119. The van der Waals surface area contributed by atoms with Gasteiger partial charge in [0.2, 0.25) is 11.9 Å². The maximum atomic E-state index is 11.2. The first-order chi connectivity index (χ1) is 9.17. The van der Waals surface area contributed by atoms with Crippen molar-refractivity contribution in [2.75, 3.05) is 5.73 Å². The lowest BCUT2D eigenvalue weighted by Crippen LogP contribution is -2.29. The lowest BCUT2D eigenvalue weighted by atomic mass is 10.2. The van der Waals surface area contributed by atoms with E-state index in [2.05, 4.69) is 16.4 Å². The average molecular weight is 255 g/mol. The summed E-state index contributed by atoms with van der Waals surface area (Å²) in [5.74, 6) is 0.483. The van der Waals surface area contributed by atoms with Crippen molar-refractivity contribution in [1.82, 2.24) is 14.9 Å². The zero-order chi connectivity index (χ0) is 13.4. The van der Waals surface area contributed by atoms with Crippen LogP contribution in [0.4, 0.5) is 5.95 Å². The number of nitrogens with one attached hydrogen (secondary N) is 1. The SMILES string of the molecule is N#Cc1ccc2nc(N)n(CC3CCC(=O)N3)c2c1. The number of nitrogens with zero attached hydrogens (tertiary/aromatic N) is 3. The van der Waals surface area contributed by atoms with Crippen LogP contribution in [0.15, 0.2) is 18.2 Å². The molecule has 1 aliphatic rings. The predicted octanol–water partition coefficient (Wildman–Crippen LogP) is 0.769. The number of carbonyl (C=O) groups excluding carboxylic acids is 1. The summed E-state index contributed by atoms with van der Waals surface area (Å²) in [6.07, 6.45) is 1.36. The maximum Gasteiger partial charge on any atom is 0.220 e. The third kappa shape index (κ3) is 1.99. The van der Waals surface area contributed by atoms with Gasteiger partial charge in [-0.15, -0.1) is 0 Å². The Morgan fingerprint density at radius 2 is 2.42 bits per heavy atom. The smallest absolute Gasteiger partial charge is 0.220 e. The fourth-order valence-electron chi connectivity index (χ4n) is 2.44. The average Bonchev–Trinajstić information content (AvgIpc) is 2.94. The monoisotopic (exact) mass is 255 g/mol. The number of fused-ring (bicyclic) bond motifs is 1. The van der Waals surface area contributed by atoms with Gasteiger partial charge in [-0.3, -0.25) is 4.79 Å². The molecule has 0 bridgehead atoms. The van der Waals surface area contributed by atoms with Gasteiger partial charge >= 0.3 is 0 Å². The Hall–Kier alpha value is -2.55. The minimum absolute atomic E-state index is 0.0747. The predicted molar refractivity (Wildman–Crippen MR) is 70.0 cm³/mol. The number of hydrogen-bond acceptors (Lipinski definition) is 4. The molecule has 1 fully saturated rings. The molecule has 2 aromatic rings. The highest BCUT2D eigenvalue weighted by Crippen LogP contribution is 2.21. The summed E-state index contributed by atoms with van der Waals surface area (Å²) in [6.45, 7) is 0.586. The summed E-state index contributed by atoms with van der Waals surface area (Å²) in [5, 5.41) is 11.9. The van der Waals surface area contributed by atoms with E-state index in [-0.39, 0.29) is 11.9 Å². The van der Waals surface area contributed by atoms with Crippen molar-refractivity contribution in [2.24, 2.45) is 0 Å². The summed E-state index contributed by atoms with van der Waals surface area (Å²) >= 11 is 0. The van der Waals surface area contributed by atoms with Crippen LogP contribution in [0.1, 0.15) is 18.4 Å². The molecule has 1 aromatic heterocycles. The van der Waals surface area contributed by atoms with Crippen LogP contribution in [0, 0.1) is 11.3 Å². The van der Waals surface area contributed by atoms with Gasteiger partial charge in [0.1, 0.15) is 0 Å². The van der Waals surface area contributed by atoms with Gasteiger partial charge in [-0.05, 0) is 24.6 Å². The molecule has 19 heavy (non-hydrogen) atoms. The van der Waals surface area contributed by atoms with E-state index in [9.17, 15) is 4.79 Å². The zero-order valence-corrected chi connectivity index (χ0v) is 10.3. The molecule has 0 aliphatic carbocycles. The number of aromatic nitrogens is 2. The van der Waals surface area contributed by atoms with Crippen molar-refractivity contribution < 1.29 is 4.79 Å². The molecule has 96 valence electrons. The second-order valence-corrected chi connectivity index (χ2v) is 4.70. The second-order valence-electron chi connectivity index (χ2n) is 4.70. The summed E-state index contributed by atoms with van der Waals surface area (Å²) in [6, 6.07) is 7.46.